The van der Waals surface area contributed by atoms with E-state index in [1.807, 2.05) is 6.92 Å². The Balaban J connectivity index is 1.76. The summed E-state index contributed by atoms with van der Waals surface area (Å²) in [7, 11) is 0. The van der Waals surface area contributed by atoms with Gasteiger partial charge in [-0.05, 0) is 51.4 Å². The quantitative estimate of drug-likeness (QED) is 0.886. The molecule has 1 aromatic rings. The predicted molar refractivity (Wildman–Crippen MR) is 71.9 cm³/mol. The van der Waals surface area contributed by atoms with Crippen LogP contribution in [-0.4, -0.2) is 22.8 Å². The van der Waals surface area contributed by atoms with Gasteiger partial charge in [0.2, 0.25) is 5.82 Å². The normalized spacial score (nSPS) is 31.4. The van der Waals surface area contributed by atoms with Crippen molar-refractivity contribution in [3.05, 3.63) is 5.82 Å². The van der Waals surface area contributed by atoms with E-state index in [0.29, 0.717) is 18.7 Å². The molecule has 5 heteroatoms. The van der Waals surface area contributed by atoms with E-state index in [1.54, 1.807) is 0 Å². The van der Waals surface area contributed by atoms with Crippen molar-refractivity contribution in [3.63, 3.8) is 0 Å². The number of anilines is 1. The lowest BCUT2D eigenvalue weighted by Crippen LogP contribution is -2.35. The minimum absolute atomic E-state index is 0.325. The molecule has 3 rings (SSSR count). The fourth-order valence-corrected chi connectivity index (χ4v) is 2.81. The van der Waals surface area contributed by atoms with E-state index < -0.39 is 0 Å². The molecule has 0 spiro atoms. The van der Waals surface area contributed by atoms with Crippen LogP contribution in [-0.2, 0) is 10.3 Å². The minimum Gasteiger partial charge on any atom is -0.367 e. The molecule has 106 valence electrons. The van der Waals surface area contributed by atoms with E-state index in [0.717, 1.165) is 24.6 Å². The zero-order chi connectivity index (χ0) is 13.3. The van der Waals surface area contributed by atoms with Gasteiger partial charge in [-0.25, -0.2) is 0 Å². The molecule has 19 heavy (non-hydrogen) atoms. The van der Waals surface area contributed by atoms with Crippen molar-refractivity contribution in [3.8, 4) is 0 Å². The average Bonchev–Trinajstić information content (AvgIpc) is 3.08. The van der Waals surface area contributed by atoms with Crippen molar-refractivity contribution in [1.29, 1.82) is 0 Å². The Morgan fingerprint density at radius 1 is 1.32 bits per heavy atom. The van der Waals surface area contributed by atoms with Gasteiger partial charge in [0.1, 0.15) is 5.60 Å². The van der Waals surface area contributed by atoms with Crippen LogP contribution < -0.4 is 5.32 Å². The van der Waals surface area contributed by atoms with Crippen LogP contribution >= 0.6 is 0 Å². The lowest BCUT2D eigenvalue weighted by molar-refractivity contribution is -0.0847. The summed E-state index contributed by atoms with van der Waals surface area (Å²) < 4.78 is 11.3. The molecule has 5 nitrogen and oxygen atoms in total. The third-order valence-corrected chi connectivity index (χ3v) is 4.24. The summed E-state index contributed by atoms with van der Waals surface area (Å²) in [6.07, 6.45) is 6.71. The second kappa shape index (κ2) is 5.12. The van der Waals surface area contributed by atoms with E-state index in [4.69, 9.17) is 9.26 Å². The van der Waals surface area contributed by atoms with Gasteiger partial charge in [-0.3, -0.25) is 0 Å². The van der Waals surface area contributed by atoms with Gasteiger partial charge >= 0.3 is 6.01 Å². The van der Waals surface area contributed by atoms with E-state index in [1.165, 1.54) is 25.7 Å². The number of nitrogens with zero attached hydrogens (tertiary/aromatic N) is 2. The molecule has 1 N–H and O–H groups in total. The summed E-state index contributed by atoms with van der Waals surface area (Å²) in [6.45, 7) is 5.02. The molecule has 0 aromatic carbocycles. The molecule has 1 heterocycles. The topological polar surface area (TPSA) is 60.2 Å². The Morgan fingerprint density at radius 2 is 2.05 bits per heavy atom. The Hall–Kier alpha value is -1.10. The van der Waals surface area contributed by atoms with Crippen molar-refractivity contribution in [1.82, 2.24) is 10.1 Å². The molecule has 0 bridgehead atoms. The number of hydrogen-bond acceptors (Lipinski definition) is 5. The predicted octanol–water partition coefficient (Wildman–Crippen LogP) is 3.09. The smallest absolute Gasteiger partial charge is 0.321 e. The molecule has 1 aromatic heterocycles. The number of nitrogens with one attached hydrogen (secondary N) is 1. The highest BCUT2D eigenvalue weighted by molar-refractivity contribution is 5.25. The first-order chi connectivity index (χ1) is 9.22. The van der Waals surface area contributed by atoms with Crippen molar-refractivity contribution < 1.29 is 9.26 Å². The standard InChI is InChI=1S/C14H23N3O2/c1-3-18-14(8-6-10(2)7-9-14)12-16-13(19-17-12)15-11-4-5-11/h10-11H,3-9H2,1-2H3,(H,15,16,17). The zero-order valence-electron chi connectivity index (χ0n) is 11.8. The van der Waals surface area contributed by atoms with Crippen LogP contribution in [0.15, 0.2) is 4.52 Å². The van der Waals surface area contributed by atoms with E-state index in [9.17, 15) is 0 Å². The van der Waals surface area contributed by atoms with Gasteiger partial charge in [0.05, 0.1) is 0 Å². The summed E-state index contributed by atoms with van der Waals surface area (Å²) in [4.78, 5) is 4.52. The van der Waals surface area contributed by atoms with Crippen LogP contribution in [0.25, 0.3) is 0 Å². The van der Waals surface area contributed by atoms with Crippen LogP contribution in [0.3, 0.4) is 0 Å². The summed E-state index contributed by atoms with van der Waals surface area (Å²) in [5, 5.41) is 7.41. The van der Waals surface area contributed by atoms with Crippen molar-refractivity contribution in [2.75, 3.05) is 11.9 Å². The van der Waals surface area contributed by atoms with Crippen LogP contribution in [0, 0.1) is 5.92 Å². The molecule has 0 atom stereocenters. The molecule has 2 aliphatic carbocycles. The Kier molecular flexibility index (Phi) is 3.48. The van der Waals surface area contributed by atoms with Crippen LogP contribution in [0.1, 0.15) is 58.2 Å². The SMILES string of the molecule is CCOC1(c2noc(NC3CC3)n2)CCC(C)CC1. The van der Waals surface area contributed by atoms with Gasteiger partial charge in [-0.2, -0.15) is 4.98 Å². The lowest BCUT2D eigenvalue weighted by Gasteiger charge is -2.36. The lowest BCUT2D eigenvalue weighted by atomic mass is 9.79. The maximum Gasteiger partial charge on any atom is 0.321 e. The third kappa shape index (κ3) is 2.76. The molecule has 2 fully saturated rings. The molecular formula is C14H23N3O2. The summed E-state index contributed by atoms with van der Waals surface area (Å²) in [5.41, 5.74) is -0.325. The molecular weight excluding hydrogens is 242 g/mol. The molecule has 0 radical (unpaired) electrons. The fourth-order valence-electron chi connectivity index (χ4n) is 2.81. The van der Waals surface area contributed by atoms with Crippen molar-refractivity contribution in [2.24, 2.45) is 5.92 Å². The number of hydrogen-bond donors (Lipinski definition) is 1. The van der Waals surface area contributed by atoms with Crippen molar-refractivity contribution in [2.45, 2.75) is 64.0 Å². The number of aromatic nitrogens is 2. The Labute approximate surface area is 114 Å². The van der Waals surface area contributed by atoms with Gasteiger partial charge < -0.3 is 14.6 Å². The molecule has 0 aliphatic heterocycles. The largest absolute Gasteiger partial charge is 0.367 e. The molecule has 0 unspecified atom stereocenters. The van der Waals surface area contributed by atoms with E-state index in [2.05, 4.69) is 22.4 Å². The highest BCUT2D eigenvalue weighted by Gasteiger charge is 2.41. The maximum absolute atomic E-state index is 6.03. The molecule has 2 aliphatic rings. The van der Waals surface area contributed by atoms with Crippen LogP contribution in [0.5, 0.6) is 0 Å². The maximum atomic E-state index is 6.03. The van der Waals surface area contributed by atoms with Gasteiger partial charge in [0.25, 0.3) is 0 Å². The van der Waals surface area contributed by atoms with Crippen molar-refractivity contribution >= 4 is 6.01 Å². The summed E-state index contributed by atoms with van der Waals surface area (Å²) in [5.74, 6) is 1.49. The molecule has 2 saturated carbocycles. The van der Waals surface area contributed by atoms with E-state index >= 15 is 0 Å². The molecule has 0 amide bonds. The first kappa shape index (κ1) is 12.9. The van der Waals surface area contributed by atoms with Gasteiger partial charge in [0, 0.05) is 12.6 Å². The average molecular weight is 265 g/mol. The van der Waals surface area contributed by atoms with E-state index in [-0.39, 0.29) is 5.60 Å². The first-order valence-corrected chi connectivity index (χ1v) is 7.46. The Morgan fingerprint density at radius 3 is 2.68 bits per heavy atom. The Bertz CT molecular complexity index is 420. The first-order valence-electron chi connectivity index (χ1n) is 7.46. The minimum atomic E-state index is -0.325. The highest BCUT2D eigenvalue weighted by Crippen LogP contribution is 2.41. The monoisotopic (exact) mass is 265 g/mol. The third-order valence-electron chi connectivity index (χ3n) is 4.24. The van der Waals surface area contributed by atoms with Gasteiger partial charge in [-0.1, -0.05) is 12.1 Å². The van der Waals surface area contributed by atoms with Crippen LogP contribution in [0.2, 0.25) is 0 Å². The number of rotatable bonds is 5. The highest BCUT2D eigenvalue weighted by atomic mass is 16.5. The number of ether oxygens (including phenoxy) is 1. The summed E-state index contributed by atoms with van der Waals surface area (Å²) >= 11 is 0. The molecule has 0 saturated heterocycles. The fraction of sp³-hybridized carbons (Fsp3) is 0.857. The van der Waals surface area contributed by atoms with Crippen LogP contribution in [0.4, 0.5) is 6.01 Å². The second-order valence-corrected chi connectivity index (χ2v) is 5.95. The second-order valence-electron chi connectivity index (χ2n) is 5.95. The zero-order valence-corrected chi connectivity index (χ0v) is 11.8. The van der Waals surface area contributed by atoms with Gasteiger partial charge in [-0.15, -0.1) is 0 Å². The van der Waals surface area contributed by atoms with Gasteiger partial charge in [0.15, 0.2) is 0 Å². The summed E-state index contributed by atoms with van der Waals surface area (Å²) in [6, 6.07) is 1.08.